The molecule has 0 aromatic heterocycles. The second-order valence-electron chi connectivity index (χ2n) is 4.77. The van der Waals surface area contributed by atoms with Crippen LogP contribution in [-0.2, 0) is 4.79 Å². The fourth-order valence-corrected chi connectivity index (χ4v) is 2.21. The van der Waals surface area contributed by atoms with Gasteiger partial charge in [-0.3, -0.25) is 4.79 Å². The molecule has 0 aromatic rings. The fourth-order valence-electron chi connectivity index (χ4n) is 2.21. The first kappa shape index (κ1) is 12.5. The molecule has 1 unspecified atom stereocenters. The van der Waals surface area contributed by atoms with E-state index < -0.39 is 0 Å². The van der Waals surface area contributed by atoms with Crippen LogP contribution in [0.15, 0.2) is 0 Å². The number of likely N-dealkylation sites (tertiary alicyclic amines) is 1. The van der Waals surface area contributed by atoms with Gasteiger partial charge in [-0.25, -0.2) is 0 Å². The van der Waals surface area contributed by atoms with Crippen LogP contribution in [0.4, 0.5) is 0 Å². The summed E-state index contributed by atoms with van der Waals surface area (Å²) >= 11 is 0. The van der Waals surface area contributed by atoms with E-state index in [0.717, 1.165) is 19.5 Å². The molecule has 1 fully saturated rings. The van der Waals surface area contributed by atoms with Gasteiger partial charge in [-0.2, -0.15) is 0 Å². The quantitative estimate of drug-likeness (QED) is 0.751. The first-order valence-electron chi connectivity index (χ1n) is 6.10. The van der Waals surface area contributed by atoms with E-state index in [-0.39, 0.29) is 0 Å². The lowest BCUT2D eigenvalue weighted by Crippen LogP contribution is -2.34. The van der Waals surface area contributed by atoms with E-state index in [1.807, 2.05) is 11.9 Å². The standard InChI is InChI=1S/C12H24N2O/c1-10(2)11(13-3)6-7-12(15)14-8-4-5-9-14/h10-11,13H,4-9H2,1-3H3. The molecule has 0 bridgehead atoms. The molecule has 15 heavy (non-hydrogen) atoms. The van der Waals surface area contributed by atoms with Crippen molar-refractivity contribution < 1.29 is 4.79 Å². The molecule has 0 saturated carbocycles. The summed E-state index contributed by atoms with van der Waals surface area (Å²) in [6, 6.07) is 0.469. The largest absolute Gasteiger partial charge is 0.343 e. The highest BCUT2D eigenvalue weighted by atomic mass is 16.2. The summed E-state index contributed by atoms with van der Waals surface area (Å²) in [7, 11) is 1.98. The zero-order valence-electron chi connectivity index (χ0n) is 10.3. The molecule has 1 aliphatic rings. The summed E-state index contributed by atoms with van der Waals surface area (Å²) in [4.78, 5) is 13.8. The van der Waals surface area contributed by atoms with Crippen LogP contribution in [0.5, 0.6) is 0 Å². The first-order chi connectivity index (χ1) is 7.15. The van der Waals surface area contributed by atoms with Gasteiger partial charge < -0.3 is 10.2 Å². The summed E-state index contributed by atoms with van der Waals surface area (Å²) in [5, 5.41) is 3.28. The molecule has 0 spiro atoms. The van der Waals surface area contributed by atoms with E-state index in [9.17, 15) is 4.79 Å². The zero-order valence-corrected chi connectivity index (χ0v) is 10.3. The third-order valence-electron chi connectivity index (χ3n) is 3.30. The van der Waals surface area contributed by atoms with Crippen LogP contribution >= 0.6 is 0 Å². The minimum Gasteiger partial charge on any atom is -0.343 e. The number of carbonyl (C=O) groups is 1. The van der Waals surface area contributed by atoms with Gasteiger partial charge in [-0.05, 0) is 32.2 Å². The molecule has 1 aliphatic heterocycles. The second kappa shape index (κ2) is 6.11. The molecule has 1 heterocycles. The highest BCUT2D eigenvalue weighted by Gasteiger charge is 2.19. The Hall–Kier alpha value is -0.570. The fraction of sp³-hybridized carbons (Fsp3) is 0.917. The Bertz CT molecular complexity index is 198. The van der Waals surface area contributed by atoms with Gasteiger partial charge in [-0.1, -0.05) is 13.8 Å². The molecule has 1 atom stereocenters. The van der Waals surface area contributed by atoms with Gasteiger partial charge in [0, 0.05) is 25.6 Å². The van der Waals surface area contributed by atoms with E-state index in [0.29, 0.717) is 24.3 Å². The summed E-state index contributed by atoms with van der Waals surface area (Å²) in [5.74, 6) is 0.940. The first-order valence-corrected chi connectivity index (χ1v) is 6.10. The van der Waals surface area contributed by atoms with Crippen molar-refractivity contribution in [3.8, 4) is 0 Å². The Labute approximate surface area is 93.2 Å². The van der Waals surface area contributed by atoms with Crippen molar-refractivity contribution in [1.82, 2.24) is 10.2 Å². The van der Waals surface area contributed by atoms with Crippen molar-refractivity contribution in [2.24, 2.45) is 5.92 Å². The van der Waals surface area contributed by atoms with E-state index in [1.165, 1.54) is 12.8 Å². The topological polar surface area (TPSA) is 32.3 Å². The molecule has 0 aromatic carbocycles. The number of amides is 1. The van der Waals surface area contributed by atoms with Crippen LogP contribution in [0, 0.1) is 5.92 Å². The molecule has 0 radical (unpaired) electrons. The van der Waals surface area contributed by atoms with Crippen molar-refractivity contribution in [3.05, 3.63) is 0 Å². The maximum absolute atomic E-state index is 11.8. The third kappa shape index (κ3) is 3.82. The van der Waals surface area contributed by atoms with E-state index >= 15 is 0 Å². The van der Waals surface area contributed by atoms with Crippen molar-refractivity contribution in [1.29, 1.82) is 0 Å². The molecule has 1 rings (SSSR count). The lowest BCUT2D eigenvalue weighted by atomic mass is 9.99. The van der Waals surface area contributed by atoms with Crippen LogP contribution in [-0.4, -0.2) is 37.0 Å². The van der Waals surface area contributed by atoms with Crippen molar-refractivity contribution in [2.45, 2.75) is 45.6 Å². The zero-order chi connectivity index (χ0) is 11.3. The van der Waals surface area contributed by atoms with Gasteiger partial charge in [0.1, 0.15) is 0 Å². The van der Waals surface area contributed by atoms with Crippen LogP contribution in [0.2, 0.25) is 0 Å². The average Bonchev–Trinajstić information content (AvgIpc) is 2.70. The SMILES string of the molecule is CNC(CCC(=O)N1CCCC1)C(C)C. The van der Waals surface area contributed by atoms with Gasteiger partial charge in [0.05, 0.1) is 0 Å². The van der Waals surface area contributed by atoms with Crippen LogP contribution in [0.1, 0.15) is 39.5 Å². The molecule has 3 heteroatoms. The maximum Gasteiger partial charge on any atom is 0.222 e. The van der Waals surface area contributed by atoms with E-state index in [2.05, 4.69) is 19.2 Å². The Morgan fingerprint density at radius 1 is 1.33 bits per heavy atom. The predicted molar refractivity (Wildman–Crippen MR) is 62.7 cm³/mol. The second-order valence-corrected chi connectivity index (χ2v) is 4.77. The number of carbonyl (C=O) groups excluding carboxylic acids is 1. The summed E-state index contributed by atoms with van der Waals surface area (Å²) in [6.07, 6.45) is 4.03. The molecule has 0 aliphatic carbocycles. The van der Waals surface area contributed by atoms with Gasteiger partial charge in [0.15, 0.2) is 0 Å². The van der Waals surface area contributed by atoms with Crippen molar-refractivity contribution >= 4 is 5.91 Å². The van der Waals surface area contributed by atoms with Gasteiger partial charge >= 0.3 is 0 Å². The van der Waals surface area contributed by atoms with Crippen molar-refractivity contribution in [3.63, 3.8) is 0 Å². The van der Waals surface area contributed by atoms with Crippen LogP contribution in [0.25, 0.3) is 0 Å². The Kier molecular flexibility index (Phi) is 5.09. The molecule has 1 N–H and O–H groups in total. The minimum atomic E-state index is 0.341. The predicted octanol–water partition coefficient (Wildman–Crippen LogP) is 1.63. The Balaban J connectivity index is 2.25. The summed E-state index contributed by atoms with van der Waals surface area (Å²) in [6.45, 7) is 6.35. The summed E-state index contributed by atoms with van der Waals surface area (Å²) < 4.78 is 0. The number of nitrogens with zero attached hydrogens (tertiary/aromatic N) is 1. The highest BCUT2D eigenvalue weighted by Crippen LogP contribution is 2.13. The lowest BCUT2D eigenvalue weighted by molar-refractivity contribution is -0.130. The Morgan fingerprint density at radius 2 is 1.93 bits per heavy atom. The number of rotatable bonds is 5. The van der Waals surface area contributed by atoms with Gasteiger partial charge in [0.2, 0.25) is 5.91 Å². The smallest absolute Gasteiger partial charge is 0.222 e. The third-order valence-corrected chi connectivity index (χ3v) is 3.30. The molecule has 88 valence electrons. The van der Waals surface area contributed by atoms with Crippen LogP contribution < -0.4 is 5.32 Å². The lowest BCUT2D eigenvalue weighted by Gasteiger charge is -2.21. The van der Waals surface area contributed by atoms with E-state index in [4.69, 9.17) is 0 Å². The summed E-state index contributed by atoms with van der Waals surface area (Å²) in [5.41, 5.74) is 0. The van der Waals surface area contributed by atoms with Gasteiger partial charge in [-0.15, -0.1) is 0 Å². The van der Waals surface area contributed by atoms with E-state index in [1.54, 1.807) is 0 Å². The number of hydrogen-bond acceptors (Lipinski definition) is 2. The Morgan fingerprint density at radius 3 is 2.40 bits per heavy atom. The molecular weight excluding hydrogens is 188 g/mol. The molecule has 1 saturated heterocycles. The maximum atomic E-state index is 11.8. The highest BCUT2D eigenvalue weighted by molar-refractivity contribution is 5.76. The molecule has 3 nitrogen and oxygen atoms in total. The van der Waals surface area contributed by atoms with Crippen LogP contribution in [0.3, 0.4) is 0 Å². The normalized spacial score (nSPS) is 18.5. The average molecular weight is 212 g/mol. The molecule has 1 amide bonds. The number of nitrogens with one attached hydrogen (secondary N) is 1. The monoisotopic (exact) mass is 212 g/mol. The number of hydrogen-bond donors (Lipinski definition) is 1. The minimum absolute atomic E-state index is 0.341. The molecular formula is C12H24N2O. The van der Waals surface area contributed by atoms with Gasteiger partial charge in [0.25, 0.3) is 0 Å². The van der Waals surface area contributed by atoms with Crippen molar-refractivity contribution in [2.75, 3.05) is 20.1 Å².